The fourth-order valence-electron chi connectivity index (χ4n) is 1.66. The predicted molar refractivity (Wildman–Crippen MR) is 62.8 cm³/mol. The highest BCUT2D eigenvalue weighted by Gasteiger charge is 2.30. The number of rotatable bonds is 4. The summed E-state index contributed by atoms with van der Waals surface area (Å²) in [5, 5.41) is 11.5. The number of carbonyl (C=O) groups is 1. The molecule has 0 bridgehead atoms. The van der Waals surface area contributed by atoms with Crippen molar-refractivity contribution in [1.82, 2.24) is 5.32 Å². The zero-order valence-electron chi connectivity index (χ0n) is 9.18. The Morgan fingerprint density at radius 1 is 1.56 bits per heavy atom. The lowest BCUT2D eigenvalue weighted by Crippen LogP contribution is -2.33. The van der Waals surface area contributed by atoms with E-state index in [4.69, 9.17) is 5.11 Å². The fourth-order valence-corrected chi connectivity index (χ4v) is 2.88. The van der Waals surface area contributed by atoms with Gasteiger partial charge in [0, 0.05) is 5.75 Å². The average Bonchev–Trinajstić information content (AvgIpc) is 2.77. The molecule has 1 saturated heterocycles. The Hall–Kier alpha value is -1.34. The van der Waals surface area contributed by atoms with Crippen LogP contribution >= 0.6 is 11.8 Å². The van der Waals surface area contributed by atoms with Crippen LogP contribution < -0.4 is 10.1 Å². The molecule has 4 nitrogen and oxygen atoms in total. The summed E-state index contributed by atoms with van der Waals surface area (Å²) in [6.07, 6.45) is 0. The highest BCUT2D eigenvalue weighted by atomic mass is 32.2. The van der Waals surface area contributed by atoms with E-state index in [0.717, 1.165) is 5.56 Å². The van der Waals surface area contributed by atoms with E-state index >= 15 is 0 Å². The van der Waals surface area contributed by atoms with Gasteiger partial charge >= 0.3 is 12.6 Å². The number of halogens is 2. The highest BCUT2D eigenvalue weighted by Crippen LogP contribution is 2.34. The Morgan fingerprint density at radius 3 is 2.94 bits per heavy atom. The number of alkyl halides is 2. The monoisotopic (exact) mass is 275 g/mol. The summed E-state index contributed by atoms with van der Waals surface area (Å²) in [7, 11) is 0. The normalized spacial score (nSPS) is 23.3. The summed E-state index contributed by atoms with van der Waals surface area (Å²) < 4.78 is 28.5. The van der Waals surface area contributed by atoms with Crippen LogP contribution in [0.1, 0.15) is 10.9 Å². The van der Waals surface area contributed by atoms with Crippen LogP contribution in [0.2, 0.25) is 0 Å². The van der Waals surface area contributed by atoms with Gasteiger partial charge in [-0.05, 0) is 17.7 Å². The van der Waals surface area contributed by atoms with Crippen LogP contribution in [0.15, 0.2) is 24.3 Å². The Kier molecular flexibility index (Phi) is 4.03. The second kappa shape index (κ2) is 5.53. The van der Waals surface area contributed by atoms with E-state index in [-0.39, 0.29) is 11.1 Å². The molecule has 0 aromatic heterocycles. The maximum Gasteiger partial charge on any atom is 0.387 e. The van der Waals surface area contributed by atoms with Gasteiger partial charge in [-0.1, -0.05) is 12.1 Å². The molecule has 1 fully saturated rings. The Balaban J connectivity index is 2.07. The van der Waals surface area contributed by atoms with Crippen molar-refractivity contribution in [2.75, 3.05) is 5.75 Å². The molecule has 1 aromatic carbocycles. The van der Waals surface area contributed by atoms with E-state index < -0.39 is 18.6 Å². The molecule has 0 aliphatic carbocycles. The summed E-state index contributed by atoms with van der Waals surface area (Å²) in [6.45, 7) is -2.86. The number of carboxylic acids is 1. The number of nitrogens with one attached hydrogen (secondary N) is 1. The van der Waals surface area contributed by atoms with E-state index in [1.807, 2.05) is 0 Å². The summed E-state index contributed by atoms with van der Waals surface area (Å²) >= 11 is 1.42. The molecule has 2 rings (SSSR count). The molecule has 1 aromatic rings. The van der Waals surface area contributed by atoms with Gasteiger partial charge in [-0.2, -0.15) is 8.78 Å². The molecule has 18 heavy (non-hydrogen) atoms. The van der Waals surface area contributed by atoms with Crippen molar-refractivity contribution in [3.63, 3.8) is 0 Å². The molecule has 98 valence electrons. The van der Waals surface area contributed by atoms with Crippen molar-refractivity contribution < 1.29 is 23.4 Å². The number of carboxylic acid groups (broad SMARTS) is 1. The summed E-state index contributed by atoms with van der Waals surface area (Å²) in [4.78, 5) is 10.8. The molecule has 1 aliphatic rings. The van der Waals surface area contributed by atoms with Crippen LogP contribution in [0.3, 0.4) is 0 Å². The topological polar surface area (TPSA) is 58.6 Å². The zero-order chi connectivity index (χ0) is 13.1. The number of thioether (sulfide) groups is 1. The lowest BCUT2D eigenvalue weighted by molar-refractivity contribution is -0.138. The van der Waals surface area contributed by atoms with Gasteiger partial charge in [-0.15, -0.1) is 11.8 Å². The SMILES string of the molecule is O=C(O)C1CSC(c2cccc(OC(F)F)c2)N1. The van der Waals surface area contributed by atoms with E-state index in [9.17, 15) is 13.6 Å². The van der Waals surface area contributed by atoms with Gasteiger partial charge in [0.15, 0.2) is 0 Å². The lowest BCUT2D eigenvalue weighted by atomic mass is 10.2. The molecule has 0 radical (unpaired) electrons. The second-order valence-corrected chi connectivity index (χ2v) is 4.86. The molecule has 0 saturated carbocycles. The first-order chi connectivity index (χ1) is 8.56. The van der Waals surface area contributed by atoms with Crippen molar-refractivity contribution >= 4 is 17.7 Å². The molecule has 7 heteroatoms. The predicted octanol–water partition coefficient (Wildman–Crippen LogP) is 2.08. The first kappa shape index (κ1) is 13.1. The number of hydrogen-bond donors (Lipinski definition) is 2. The average molecular weight is 275 g/mol. The van der Waals surface area contributed by atoms with Crippen LogP contribution in [0.4, 0.5) is 8.78 Å². The maximum atomic E-state index is 12.1. The molecular weight excluding hydrogens is 264 g/mol. The van der Waals surface area contributed by atoms with E-state index in [1.165, 1.54) is 23.9 Å². The van der Waals surface area contributed by atoms with Gasteiger partial charge in [-0.3, -0.25) is 10.1 Å². The van der Waals surface area contributed by atoms with E-state index in [2.05, 4.69) is 10.1 Å². The number of aliphatic carboxylic acids is 1. The molecule has 2 unspecified atom stereocenters. The minimum atomic E-state index is -2.86. The number of benzene rings is 1. The highest BCUT2D eigenvalue weighted by molar-refractivity contribution is 7.99. The van der Waals surface area contributed by atoms with E-state index in [0.29, 0.717) is 5.75 Å². The van der Waals surface area contributed by atoms with Gasteiger partial charge in [0.25, 0.3) is 0 Å². The summed E-state index contributed by atoms with van der Waals surface area (Å²) in [6, 6.07) is 5.65. The van der Waals surface area contributed by atoms with Crippen LogP contribution in [0, 0.1) is 0 Å². The smallest absolute Gasteiger partial charge is 0.387 e. The standard InChI is InChI=1S/C11H11F2NO3S/c12-11(13)17-7-3-1-2-6(4-7)9-14-8(5-18-9)10(15)16/h1-4,8-9,11,14H,5H2,(H,15,16). The first-order valence-corrected chi connectivity index (χ1v) is 6.26. The molecule has 0 spiro atoms. The molecule has 1 heterocycles. The van der Waals surface area contributed by atoms with Gasteiger partial charge in [-0.25, -0.2) is 0 Å². The minimum absolute atomic E-state index is 0.0728. The molecule has 1 aliphatic heterocycles. The quantitative estimate of drug-likeness (QED) is 0.881. The van der Waals surface area contributed by atoms with Gasteiger partial charge in [0.1, 0.15) is 11.8 Å². The number of ether oxygens (including phenoxy) is 1. The van der Waals surface area contributed by atoms with Gasteiger partial charge in [0.05, 0.1) is 5.37 Å². The minimum Gasteiger partial charge on any atom is -0.480 e. The summed E-state index contributed by atoms with van der Waals surface area (Å²) in [5.74, 6) is -0.395. The van der Waals surface area contributed by atoms with Crippen LogP contribution in [0.5, 0.6) is 5.75 Å². The third-order valence-electron chi connectivity index (χ3n) is 2.47. The molecule has 0 amide bonds. The third-order valence-corrected chi connectivity index (χ3v) is 3.73. The fraction of sp³-hybridized carbons (Fsp3) is 0.364. The van der Waals surface area contributed by atoms with Crippen molar-refractivity contribution in [1.29, 1.82) is 0 Å². The first-order valence-electron chi connectivity index (χ1n) is 5.21. The Bertz CT molecular complexity index is 444. The maximum absolute atomic E-state index is 12.1. The molecular formula is C11H11F2NO3S. The van der Waals surface area contributed by atoms with Gasteiger partial charge < -0.3 is 9.84 Å². The summed E-state index contributed by atoms with van der Waals surface area (Å²) in [5.41, 5.74) is 0.724. The van der Waals surface area contributed by atoms with Crippen LogP contribution in [-0.2, 0) is 4.79 Å². The lowest BCUT2D eigenvalue weighted by Gasteiger charge is -2.12. The van der Waals surface area contributed by atoms with Crippen LogP contribution in [0.25, 0.3) is 0 Å². The van der Waals surface area contributed by atoms with Crippen molar-refractivity contribution in [3.8, 4) is 5.75 Å². The molecule has 2 atom stereocenters. The second-order valence-electron chi connectivity index (χ2n) is 3.72. The van der Waals surface area contributed by atoms with Crippen molar-refractivity contribution in [2.24, 2.45) is 0 Å². The van der Waals surface area contributed by atoms with Crippen molar-refractivity contribution in [3.05, 3.63) is 29.8 Å². The third kappa shape index (κ3) is 3.11. The zero-order valence-corrected chi connectivity index (χ0v) is 9.99. The van der Waals surface area contributed by atoms with E-state index in [1.54, 1.807) is 12.1 Å². The largest absolute Gasteiger partial charge is 0.480 e. The van der Waals surface area contributed by atoms with Crippen molar-refractivity contribution in [2.45, 2.75) is 18.0 Å². The Morgan fingerprint density at radius 2 is 2.33 bits per heavy atom. The van der Waals surface area contributed by atoms with Gasteiger partial charge in [0.2, 0.25) is 0 Å². The van der Waals surface area contributed by atoms with Crippen LogP contribution in [-0.4, -0.2) is 29.5 Å². The number of hydrogen-bond acceptors (Lipinski definition) is 4. The Labute approximate surface area is 106 Å². The molecule has 2 N–H and O–H groups in total.